The van der Waals surface area contributed by atoms with Crippen molar-refractivity contribution in [2.75, 3.05) is 13.1 Å². The van der Waals surface area contributed by atoms with E-state index >= 15 is 0 Å². The molecule has 9 heteroatoms. The van der Waals surface area contributed by atoms with Crippen molar-refractivity contribution >= 4 is 12.1 Å². The molecule has 2 aliphatic heterocycles. The topological polar surface area (TPSA) is 83.6 Å². The number of hydrogen-bond acceptors (Lipinski definition) is 6. The number of amides is 1. The van der Waals surface area contributed by atoms with E-state index in [1.807, 2.05) is 0 Å². The summed E-state index contributed by atoms with van der Waals surface area (Å²) in [6, 6.07) is 3.08. The zero-order valence-electron chi connectivity index (χ0n) is 13.9. The lowest BCUT2D eigenvalue weighted by Crippen LogP contribution is -2.39. The molecule has 1 fully saturated rings. The standard InChI is InChI=1S/C17H17F2N5O2/c18-12-4-3-10(8-13(12)19)17(25)24-7-1-2-11(9-24)15-21-16(26-23-15)14-5-6-20-22-14/h3-4,6,8,11,14,22H,1-2,5,7,9H2. The van der Waals surface area contributed by atoms with E-state index in [-0.39, 0.29) is 23.4 Å². The average Bonchev–Trinajstić information content (AvgIpc) is 3.35. The van der Waals surface area contributed by atoms with Crippen LogP contribution in [0.4, 0.5) is 8.78 Å². The van der Waals surface area contributed by atoms with Gasteiger partial charge in [-0.05, 0) is 31.0 Å². The van der Waals surface area contributed by atoms with Crippen LogP contribution in [0.25, 0.3) is 0 Å². The summed E-state index contributed by atoms with van der Waals surface area (Å²) in [5.74, 6) is -1.36. The number of halogens is 2. The van der Waals surface area contributed by atoms with Gasteiger partial charge in [-0.1, -0.05) is 5.16 Å². The summed E-state index contributed by atoms with van der Waals surface area (Å²) >= 11 is 0. The van der Waals surface area contributed by atoms with Gasteiger partial charge in [0.25, 0.3) is 11.8 Å². The number of nitrogens with one attached hydrogen (secondary N) is 1. The second-order valence-electron chi connectivity index (χ2n) is 6.44. The lowest BCUT2D eigenvalue weighted by atomic mass is 9.96. The van der Waals surface area contributed by atoms with Crippen molar-refractivity contribution < 1.29 is 18.1 Å². The van der Waals surface area contributed by atoms with Crippen LogP contribution in [-0.2, 0) is 0 Å². The third kappa shape index (κ3) is 3.16. The molecular formula is C17H17F2N5O2. The molecule has 0 radical (unpaired) electrons. The molecule has 0 bridgehead atoms. The van der Waals surface area contributed by atoms with E-state index in [1.165, 1.54) is 6.07 Å². The Labute approximate surface area is 148 Å². The number of benzene rings is 1. The molecule has 2 unspecified atom stereocenters. The van der Waals surface area contributed by atoms with E-state index in [2.05, 4.69) is 20.7 Å². The van der Waals surface area contributed by atoms with Crippen LogP contribution in [0.2, 0.25) is 0 Å². The van der Waals surface area contributed by atoms with E-state index in [1.54, 1.807) is 11.1 Å². The summed E-state index contributed by atoms with van der Waals surface area (Å²) in [5, 5.41) is 7.98. The van der Waals surface area contributed by atoms with Crippen molar-refractivity contribution in [2.45, 2.75) is 31.2 Å². The van der Waals surface area contributed by atoms with E-state index in [0.717, 1.165) is 25.0 Å². The van der Waals surface area contributed by atoms with Crippen LogP contribution in [0.15, 0.2) is 27.8 Å². The minimum absolute atomic E-state index is 0.0576. The molecule has 3 heterocycles. The molecule has 1 amide bonds. The molecule has 1 aromatic heterocycles. The van der Waals surface area contributed by atoms with Crippen molar-refractivity contribution in [3.05, 3.63) is 47.1 Å². The van der Waals surface area contributed by atoms with Crippen LogP contribution in [0, 0.1) is 11.6 Å². The van der Waals surface area contributed by atoms with E-state index in [0.29, 0.717) is 31.2 Å². The van der Waals surface area contributed by atoms with Crippen LogP contribution in [0.1, 0.15) is 53.3 Å². The molecule has 136 valence electrons. The second-order valence-corrected chi connectivity index (χ2v) is 6.44. The predicted octanol–water partition coefficient (Wildman–Crippen LogP) is 2.39. The number of hydrazone groups is 1. The van der Waals surface area contributed by atoms with Crippen molar-refractivity contribution in [1.82, 2.24) is 20.5 Å². The molecule has 2 atom stereocenters. The summed E-state index contributed by atoms with van der Waals surface area (Å²) in [6.07, 6.45) is 4.04. The lowest BCUT2D eigenvalue weighted by molar-refractivity contribution is 0.0703. The molecule has 1 saturated heterocycles. The molecule has 1 N–H and O–H groups in total. The van der Waals surface area contributed by atoms with Crippen molar-refractivity contribution in [3.63, 3.8) is 0 Å². The normalized spacial score (nSPS) is 22.5. The fraction of sp³-hybridized carbons (Fsp3) is 0.412. The first-order valence-electron chi connectivity index (χ1n) is 8.46. The lowest BCUT2D eigenvalue weighted by Gasteiger charge is -2.31. The van der Waals surface area contributed by atoms with Gasteiger partial charge in [0.05, 0.1) is 0 Å². The Morgan fingerprint density at radius 2 is 2.19 bits per heavy atom. The number of piperidine rings is 1. The first-order chi connectivity index (χ1) is 12.6. The number of rotatable bonds is 3. The quantitative estimate of drug-likeness (QED) is 0.908. The van der Waals surface area contributed by atoms with Gasteiger partial charge in [0.1, 0.15) is 6.04 Å². The highest BCUT2D eigenvalue weighted by Crippen LogP contribution is 2.27. The minimum atomic E-state index is -1.03. The number of likely N-dealkylation sites (tertiary alicyclic amines) is 1. The van der Waals surface area contributed by atoms with Crippen molar-refractivity contribution in [3.8, 4) is 0 Å². The van der Waals surface area contributed by atoms with E-state index in [4.69, 9.17) is 4.52 Å². The molecule has 4 rings (SSSR count). The van der Waals surface area contributed by atoms with Crippen LogP contribution >= 0.6 is 0 Å². The summed E-state index contributed by atoms with van der Waals surface area (Å²) < 4.78 is 31.8. The number of aromatic nitrogens is 2. The average molecular weight is 361 g/mol. The SMILES string of the molecule is O=C(c1ccc(F)c(F)c1)N1CCCC(c2noc(C3CC=NN3)n2)C1. The molecule has 7 nitrogen and oxygen atoms in total. The van der Waals surface area contributed by atoms with Gasteiger partial charge in [0.15, 0.2) is 17.5 Å². The van der Waals surface area contributed by atoms with Gasteiger partial charge >= 0.3 is 0 Å². The number of hydrogen-bond donors (Lipinski definition) is 1. The summed E-state index contributed by atoms with van der Waals surface area (Å²) in [5.41, 5.74) is 3.02. The molecule has 0 aliphatic carbocycles. The molecule has 2 aliphatic rings. The summed E-state index contributed by atoms with van der Waals surface area (Å²) in [4.78, 5) is 18.7. The Morgan fingerprint density at radius 1 is 1.31 bits per heavy atom. The number of carbonyl (C=O) groups excluding carboxylic acids is 1. The van der Waals surface area contributed by atoms with Gasteiger partial charge in [-0.15, -0.1) is 0 Å². The zero-order chi connectivity index (χ0) is 18.1. The molecule has 26 heavy (non-hydrogen) atoms. The van der Waals surface area contributed by atoms with Crippen LogP contribution in [0.5, 0.6) is 0 Å². The molecule has 0 saturated carbocycles. The maximum Gasteiger partial charge on any atom is 0.253 e. The van der Waals surface area contributed by atoms with Gasteiger partial charge in [0, 0.05) is 37.2 Å². The minimum Gasteiger partial charge on any atom is -0.338 e. The van der Waals surface area contributed by atoms with Crippen LogP contribution in [-0.4, -0.2) is 40.3 Å². The third-order valence-electron chi connectivity index (χ3n) is 4.66. The summed E-state index contributed by atoms with van der Waals surface area (Å²) in [7, 11) is 0. The Hall–Kier alpha value is -2.84. The second kappa shape index (κ2) is 6.81. The van der Waals surface area contributed by atoms with Crippen molar-refractivity contribution in [1.29, 1.82) is 0 Å². The fourth-order valence-corrected chi connectivity index (χ4v) is 3.25. The highest BCUT2D eigenvalue weighted by molar-refractivity contribution is 5.94. The van der Waals surface area contributed by atoms with Gasteiger partial charge in [-0.25, -0.2) is 8.78 Å². The number of nitrogens with zero attached hydrogens (tertiary/aromatic N) is 4. The predicted molar refractivity (Wildman–Crippen MR) is 87.5 cm³/mol. The first kappa shape index (κ1) is 16.6. The third-order valence-corrected chi connectivity index (χ3v) is 4.66. The van der Waals surface area contributed by atoms with E-state index < -0.39 is 11.6 Å². The van der Waals surface area contributed by atoms with Crippen LogP contribution < -0.4 is 5.43 Å². The zero-order valence-corrected chi connectivity index (χ0v) is 13.9. The Morgan fingerprint density at radius 3 is 2.96 bits per heavy atom. The molecule has 2 aromatic rings. The maximum absolute atomic E-state index is 13.4. The molecule has 1 aromatic carbocycles. The van der Waals surface area contributed by atoms with Crippen molar-refractivity contribution in [2.24, 2.45) is 5.10 Å². The molecular weight excluding hydrogens is 344 g/mol. The Balaban J connectivity index is 1.47. The first-order valence-corrected chi connectivity index (χ1v) is 8.46. The smallest absolute Gasteiger partial charge is 0.253 e. The summed E-state index contributed by atoms with van der Waals surface area (Å²) in [6.45, 7) is 0.961. The van der Waals surface area contributed by atoms with Gasteiger partial charge < -0.3 is 9.42 Å². The maximum atomic E-state index is 13.4. The Kier molecular flexibility index (Phi) is 4.36. The van der Waals surface area contributed by atoms with Gasteiger partial charge in [0.2, 0.25) is 0 Å². The molecule has 0 spiro atoms. The van der Waals surface area contributed by atoms with E-state index in [9.17, 15) is 13.6 Å². The monoisotopic (exact) mass is 361 g/mol. The highest BCUT2D eigenvalue weighted by Gasteiger charge is 2.30. The largest absolute Gasteiger partial charge is 0.338 e. The van der Waals surface area contributed by atoms with Gasteiger partial charge in [-0.2, -0.15) is 10.1 Å². The fourth-order valence-electron chi connectivity index (χ4n) is 3.25. The Bertz CT molecular complexity index is 845. The van der Waals surface area contributed by atoms with Gasteiger partial charge in [-0.3, -0.25) is 10.2 Å². The van der Waals surface area contributed by atoms with Crippen LogP contribution in [0.3, 0.4) is 0 Å². The number of carbonyl (C=O) groups is 1. The highest BCUT2D eigenvalue weighted by atomic mass is 19.2.